The molecule has 102 valence electrons. The molecule has 0 nitrogen and oxygen atoms in total. The van der Waals surface area contributed by atoms with Gasteiger partial charge in [-0.25, -0.2) is 6.07 Å². The van der Waals surface area contributed by atoms with E-state index in [1.54, 1.807) is 16.7 Å². The van der Waals surface area contributed by atoms with Gasteiger partial charge in [-0.05, 0) is 0 Å². The summed E-state index contributed by atoms with van der Waals surface area (Å²) in [7, 11) is -0.913. The second kappa shape index (κ2) is 9.23. The van der Waals surface area contributed by atoms with Crippen molar-refractivity contribution in [1.82, 2.24) is 0 Å². The van der Waals surface area contributed by atoms with E-state index in [1.807, 2.05) is 0 Å². The average Bonchev–Trinajstić information content (AvgIpc) is 2.42. The van der Waals surface area contributed by atoms with Crippen LogP contribution >= 0.6 is 0 Å². The van der Waals surface area contributed by atoms with Gasteiger partial charge in [0.05, 0.1) is 0 Å². The Kier molecular flexibility index (Phi) is 12.0. The summed E-state index contributed by atoms with van der Waals surface area (Å²) in [6.07, 6.45) is 5.48. The minimum absolute atomic E-state index is 0. The van der Waals surface area contributed by atoms with Gasteiger partial charge >= 0.3 is 21.7 Å². The molecule has 0 aliphatic heterocycles. The molecule has 0 amide bonds. The van der Waals surface area contributed by atoms with Crippen molar-refractivity contribution >= 4 is 8.07 Å². The Labute approximate surface area is 132 Å². The summed E-state index contributed by atoms with van der Waals surface area (Å²) in [5.74, 6) is 0. The molecule has 0 bridgehead atoms. The van der Waals surface area contributed by atoms with Crippen molar-refractivity contribution in [1.29, 1.82) is 0 Å². The molecular weight excluding hydrogens is 268 g/mol. The van der Waals surface area contributed by atoms with Gasteiger partial charge in [0.2, 0.25) is 0 Å². The monoisotopic (exact) mass is 298 g/mol. The number of fused-ring (bicyclic) bond motifs is 1. The van der Waals surface area contributed by atoms with Crippen molar-refractivity contribution in [2.45, 2.75) is 51.4 Å². The summed E-state index contributed by atoms with van der Waals surface area (Å²) < 4.78 is 0. The third-order valence-corrected chi connectivity index (χ3v) is 4.48. The van der Waals surface area contributed by atoms with Crippen LogP contribution in [-0.2, 0) is 40.6 Å². The molecule has 2 rings (SSSR count). The van der Waals surface area contributed by atoms with E-state index in [2.05, 4.69) is 31.8 Å². The third kappa shape index (κ3) is 6.45. The van der Waals surface area contributed by atoms with Gasteiger partial charge in [0.25, 0.3) is 0 Å². The van der Waals surface area contributed by atoms with E-state index >= 15 is 0 Å². The topological polar surface area (TPSA) is 0 Å². The maximum Gasteiger partial charge on any atom is 4.00 e. The number of rotatable bonds is 2. The molecule has 0 atom stereocenters. The summed E-state index contributed by atoms with van der Waals surface area (Å²) in [6.45, 7) is 7.37. The van der Waals surface area contributed by atoms with E-state index in [9.17, 15) is 0 Å². The van der Waals surface area contributed by atoms with Crippen LogP contribution in [0.2, 0.25) is 19.6 Å². The van der Waals surface area contributed by atoms with E-state index in [0.29, 0.717) is 0 Å². The van der Waals surface area contributed by atoms with Gasteiger partial charge in [-0.3, -0.25) is 0 Å². The fraction of sp³-hybridized carbons (Fsp3) is 0.500. The smallest absolute Gasteiger partial charge is 0.358 e. The van der Waals surface area contributed by atoms with Crippen LogP contribution < -0.4 is 0 Å². The zero-order valence-electron chi connectivity index (χ0n) is 13.2. The minimum atomic E-state index is -0.913. The fourth-order valence-electron chi connectivity index (χ4n) is 2.49. The first-order chi connectivity index (χ1) is 6.54. The van der Waals surface area contributed by atoms with Gasteiger partial charge in [-0.15, -0.1) is 0 Å². The van der Waals surface area contributed by atoms with E-state index in [0.717, 1.165) is 0 Å². The van der Waals surface area contributed by atoms with Gasteiger partial charge in [-0.2, -0.15) is 22.8 Å². The Morgan fingerprint density at radius 3 is 2.11 bits per heavy atom. The van der Waals surface area contributed by atoms with E-state index in [1.165, 1.54) is 31.7 Å². The summed E-state index contributed by atoms with van der Waals surface area (Å²) in [5, 5.41) is 0. The predicted octanol–water partition coefficient (Wildman–Crippen LogP) is 5.05. The first-order valence-electron chi connectivity index (χ1n) is 5.82. The number of aryl methyl sites for hydroxylation is 2. The second-order valence-electron chi connectivity index (χ2n) is 5.86. The third-order valence-electron chi connectivity index (χ3n) is 3.01. The van der Waals surface area contributed by atoms with Crippen LogP contribution in [0.1, 0.15) is 29.5 Å². The van der Waals surface area contributed by atoms with E-state index < -0.39 is 8.07 Å². The summed E-state index contributed by atoms with van der Waals surface area (Å²) in [5.41, 5.74) is 4.94. The normalized spacial score (nSPS) is 13.1. The molecule has 0 aromatic heterocycles. The quantitative estimate of drug-likeness (QED) is 0.529. The average molecular weight is 298 g/mol. The molecule has 0 N–H and O–H groups in total. The van der Waals surface area contributed by atoms with Crippen LogP contribution in [0.4, 0.5) is 0 Å². The maximum atomic E-state index is 2.48. The van der Waals surface area contributed by atoms with Gasteiger partial charge < -0.3 is 22.3 Å². The fourth-order valence-corrected chi connectivity index (χ4v) is 3.91. The molecule has 1 aromatic carbocycles. The molecule has 18 heavy (non-hydrogen) atoms. The number of hydrogen-bond donors (Lipinski definition) is 0. The molecule has 0 heterocycles. The SMILES string of the molecule is C[Si](C)(C)Cc1cc2c([cH-]1)CCCC2.[CH3-].[CH3-].[CH3-].[Ti+4]. The van der Waals surface area contributed by atoms with Crippen molar-refractivity contribution in [2.75, 3.05) is 0 Å². The predicted molar refractivity (Wildman–Crippen MR) is 85.0 cm³/mol. The maximum absolute atomic E-state index is 2.48. The Morgan fingerprint density at radius 1 is 1.06 bits per heavy atom. The largest absolute Gasteiger partial charge is 4.00 e. The van der Waals surface area contributed by atoms with Crippen LogP contribution in [0.5, 0.6) is 0 Å². The molecule has 0 saturated heterocycles. The van der Waals surface area contributed by atoms with E-state index in [-0.39, 0.29) is 44.0 Å². The standard InChI is InChI=1S/C13H21Si.3CH3.Ti/c1-14(2,3)10-11-8-12-6-4-5-7-13(12)9-11;;;;/h8-9H,4-7,10H2,1-3H3;3*1H3;/q4*-1;+4. The van der Waals surface area contributed by atoms with Crippen molar-refractivity contribution in [3.63, 3.8) is 0 Å². The molecule has 2 heteroatoms. The molecule has 1 aromatic rings. The van der Waals surface area contributed by atoms with Crippen LogP contribution in [0.15, 0.2) is 12.1 Å². The molecule has 1 aliphatic carbocycles. The molecule has 0 spiro atoms. The molecule has 0 fully saturated rings. The molecule has 1 aliphatic rings. The van der Waals surface area contributed by atoms with Crippen LogP contribution in [0.3, 0.4) is 0 Å². The number of hydrogen-bond acceptors (Lipinski definition) is 0. The van der Waals surface area contributed by atoms with Crippen molar-refractivity contribution < 1.29 is 21.7 Å². The molecule has 0 saturated carbocycles. The molecular formula is C16H30SiTi. The Bertz CT molecular complexity index is 297. The molecule has 0 unspecified atom stereocenters. The van der Waals surface area contributed by atoms with E-state index in [4.69, 9.17) is 0 Å². The first kappa shape index (κ1) is 23.4. The van der Waals surface area contributed by atoms with Crippen LogP contribution in [0, 0.1) is 22.3 Å². The van der Waals surface area contributed by atoms with Gasteiger partial charge in [0.15, 0.2) is 0 Å². The summed E-state index contributed by atoms with van der Waals surface area (Å²) >= 11 is 0. The van der Waals surface area contributed by atoms with Gasteiger partial charge in [0, 0.05) is 8.07 Å². The van der Waals surface area contributed by atoms with Crippen molar-refractivity contribution in [3.05, 3.63) is 51.1 Å². The zero-order valence-corrected chi connectivity index (χ0v) is 15.8. The van der Waals surface area contributed by atoms with Crippen LogP contribution in [0.25, 0.3) is 0 Å². The van der Waals surface area contributed by atoms with Gasteiger partial charge in [-0.1, -0.05) is 51.4 Å². The Balaban J connectivity index is -0.000000562. The summed E-state index contributed by atoms with van der Waals surface area (Å²) in [4.78, 5) is 0. The Hall–Kier alpha value is 0.281. The first-order valence-corrected chi connectivity index (χ1v) is 9.53. The van der Waals surface area contributed by atoms with Crippen molar-refractivity contribution in [2.24, 2.45) is 0 Å². The summed E-state index contributed by atoms with van der Waals surface area (Å²) in [6, 6.07) is 6.32. The van der Waals surface area contributed by atoms with Crippen molar-refractivity contribution in [3.8, 4) is 0 Å². The van der Waals surface area contributed by atoms with Gasteiger partial charge in [0.1, 0.15) is 0 Å². The minimum Gasteiger partial charge on any atom is -0.358 e. The zero-order chi connectivity index (χ0) is 10.2. The molecule has 0 radical (unpaired) electrons. The Morgan fingerprint density at radius 2 is 1.61 bits per heavy atom. The van der Waals surface area contributed by atoms with Crippen LogP contribution in [-0.4, -0.2) is 8.07 Å². The second-order valence-corrected chi connectivity index (χ2v) is 11.3.